The van der Waals surface area contributed by atoms with Gasteiger partial charge < -0.3 is 0 Å². The van der Waals surface area contributed by atoms with Gasteiger partial charge in [0, 0.05) is 6.04 Å². The summed E-state index contributed by atoms with van der Waals surface area (Å²) in [6.07, 6.45) is 0. The van der Waals surface area contributed by atoms with Gasteiger partial charge in [-0.15, -0.1) is 11.3 Å². The number of halogens is 1. The van der Waals surface area contributed by atoms with E-state index in [2.05, 4.69) is 4.72 Å². The Bertz CT molecular complexity index is 913. The standard InChI is InChI=1S/C16H14ClNO2S2/c1-11(18-22(19,20)16-10-9-15(17)21-16)13-8-4-6-12-5-2-3-7-14(12)13/h2-11,18H,1H3. The minimum absolute atomic E-state index is 0.226. The number of benzene rings is 2. The Kier molecular flexibility index (Phi) is 4.23. The second-order valence-corrected chi connectivity index (χ2v) is 8.63. The number of rotatable bonds is 4. The normalized spacial score (nSPS) is 13.4. The highest BCUT2D eigenvalue weighted by Crippen LogP contribution is 2.29. The average Bonchev–Trinajstić information content (AvgIpc) is 2.94. The van der Waals surface area contributed by atoms with Crippen molar-refractivity contribution in [3.05, 3.63) is 64.5 Å². The van der Waals surface area contributed by atoms with Crippen molar-refractivity contribution in [1.82, 2.24) is 4.72 Å². The van der Waals surface area contributed by atoms with E-state index in [-0.39, 0.29) is 10.3 Å². The monoisotopic (exact) mass is 351 g/mol. The molecule has 0 saturated heterocycles. The van der Waals surface area contributed by atoms with Crippen molar-refractivity contribution in [3.8, 4) is 0 Å². The molecule has 0 bridgehead atoms. The molecule has 1 N–H and O–H groups in total. The van der Waals surface area contributed by atoms with E-state index < -0.39 is 10.0 Å². The first-order valence-electron chi connectivity index (χ1n) is 6.73. The lowest BCUT2D eigenvalue weighted by Crippen LogP contribution is -2.26. The Morgan fingerprint density at radius 1 is 1.05 bits per heavy atom. The zero-order valence-corrected chi connectivity index (χ0v) is 14.2. The number of hydrogen-bond acceptors (Lipinski definition) is 3. The van der Waals surface area contributed by atoms with Crippen LogP contribution in [0.5, 0.6) is 0 Å². The molecule has 0 aliphatic rings. The van der Waals surface area contributed by atoms with Crippen LogP contribution >= 0.6 is 22.9 Å². The second kappa shape index (κ2) is 6.01. The van der Waals surface area contributed by atoms with Crippen molar-refractivity contribution in [2.45, 2.75) is 17.2 Å². The summed E-state index contributed by atoms with van der Waals surface area (Å²) in [6, 6.07) is 16.6. The molecule has 22 heavy (non-hydrogen) atoms. The molecule has 1 heterocycles. The summed E-state index contributed by atoms with van der Waals surface area (Å²) >= 11 is 6.87. The molecule has 114 valence electrons. The Morgan fingerprint density at radius 2 is 1.77 bits per heavy atom. The zero-order valence-electron chi connectivity index (χ0n) is 11.8. The third-order valence-electron chi connectivity index (χ3n) is 3.44. The first kappa shape index (κ1) is 15.5. The minimum atomic E-state index is -3.57. The smallest absolute Gasteiger partial charge is 0.206 e. The minimum Gasteiger partial charge on any atom is -0.206 e. The molecule has 0 spiro atoms. The SMILES string of the molecule is CC(NS(=O)(=O)c1ccc(Cl)s1)c1cccc2ccccc12. The molecule has 2 aromatic carbocycles. The van der Waals surface area contributed by atoms with Gasteiger partial charge in [0.25, 0.3) is 10.0 Å². The van der Waals surface area contributed by atoms with Gasteiger partial charge in [-0.2, -0.15) is 0 Å². The van der Waals surface area contributed by atoms with Crippen LogP contribution in [0.1, 0.15) is 18.5 Å². The summed E-state index contributed by atoms with van der Waals surface area (Å²) in [7, 11) is -3.57. The van der Waals surface area contributed by atoms with Gasteiger partial charge >= 0.3 is 0 Å². The third-order valence-corrected chi connectivity index (χ3v) is 6.70. The maximum Gasteiger partial charge on any atom is 0.250 e. The van der Waals surface area contributed by atoms with Crippen LogP contribution in [0.2, 0.25) is 4.34 Å². The van der Waals surface area contributed by atoms with Gasteiger partial charge in [-0.25, -0.2) is 13.1 Å². The van der Waals surface area contributed by atoms with E-state index in [4.69, 9.17) is 11.6 Å². The molecule has 1 unspecified atom stereocenters. The molecular weight excluding hydrogens is 338 g/mol. The lowest BCUT2D eigenvalue weighted by atomic mass is 10.0. The Balaban J connectivity index is 1.95. The van der Waals surface area contributed by atoms with Gasteiger partial charge in [0.2, 0.25) is 0 Å². The van der Waals surface area contributed by atoms with Crippen LogP contribution in [0.3, 0.4) is 0 Å². The molecule has 0 radical (unpaired) electrons. The molecule has 3 nitrogen and oxygen atoms in total. The van der Waals surface area contributed by atoms with E-state index in [1.807, 2.05) is 49.4 Å². The van der Waals surface area contributed by atoms with E-state index in [0.717, 1.165) is 27.7 Å². The van der Waals surface area contributed by atoms with Crippen molar-refractivity contribution in [2.75, 3.05) is 0 Å². The first-order valence-corrected chi connectivity index (χ1v) is 9.40. The van der Waals surface area contributed by atoms with Crippen LogP contribution in [0.25, 0.3) is 10.8 Å². The fourth-order valence-corrected chi connectivity index (χ4v) is 5.15. The fourth-order valence-electron chi connectivity index (χ4n) is 2.42. The van der Waals surface area contributed by atoms with Crippen LogP contribution in [0.15, 0.2) is 58.8 Å². The van der Waals surface area contributed by atoms with E-state index in [1.54, 1.807) is 6.07 Å². The zero-order chi connectivity index (χ0) is 15.7. The summed E-state index contributed by atoms with van der Waals surface area (Å²) in [5.74, 6) is 0. The molecule has 3 aromatic rings. The molecule has 1 atom stereocenters. The van der Waals surface area contributed by atoms with Crippen molar-refractivity contribution < 1.29 is 8.42 Å². The molecular formula is C16H14ClNO2S2. The van der Waals surface area contributed by atoms with Crippen molar-refractivity contribution in [1.29, 1.82) is 0 Å². The quantitative estimate of drug-likeness (QED) is 0.747. The summed E-state index contributed by atoms with van der Waals surface area (Å²) < 4.78 is 28.2. The predicted octanol–water partition coefficient (Wildman–Crippen LogP) is 4.59. The number of fused-ring (bicyclic) bond motifs is 1. The van der Waals surface area contributed by atoms with Crippen LogP contribution in [0.4, 0.5) is 0 Å². The number of hydrogen-bond donors (Lipinski definition) is 1. The predicted molar refractivity (Wildman–Crippen MR) is 92.0 cm³/mol. The van der Waals surface area contributed by atoms with Crippen LogP contribution < -0.4 is 4.72 Å². The maximum absolute atomic E-state index is 12.4. The van der Waals surface area contributed by atoms with Crippen LogP contribution in [0, 0.1) is 0 Å². The number of thiophene rings is 1. The lowest BCUT2D eigenvalue weighted by Gasteiger charge is -2.16. The average molecular weight is 352 g/mol. The largest absolute Gasteiger partial charge is 0.250 e. The van der Waals surface area contributed by atoms with E-state index in [9.17, 15) is 8.42 Å². The van der Waals surface area contributed by atoms with Crippen molar-refractivity contribution in [3.63, 3.8) is 0 Å². The summed E-state index contributed by atoms with van der Waals surface area (Å²) in [4.78, 5) is 0. The molecule has 0 amide bonds. The molecule has 0 saturated carbocycles. The highest BCUT2D eigenvalue weighted by molar-refractivity contribution is 7.91. The van der Waals surface area contributed by atoms with Crippen LogP contribution in [-0.4, -0.2) is 8.42 Å². The van der Waals surface area contributed by atoms with Gasteiger partial charge in [0.1, 0.15) is 4.21 Å². The molecule has 0 aliphatic heterocycles. The van der Waals surface area contributed by atoms with Gasteiger partial charge in [0.05, 0.1) is 4.34 Å². The molecule has 6 heteroatoms. The van der Waals surface area contributed by atoms with Crippen molar-refractivity contribution in [2.24, 2.45) is 0 Å². The fraction of sp³-hybridized carbons (Fsp3) is 0.125. The van der Waals surface area contributed by atoms with E-state index in [1.165, 1.54) is 6.07 Å². The summed E-state index contributed by atoms with van der Waals surface area (Å²) in [5, 5.41) is 2.13. The van der Waals surface area contributed by atoms with E-state index >= 15 is 0 Å². The Morgan fingerprint density at radius 3 is 2.50 bits per heavy atom. The lowest BCUT2D eigenvalue weighted by molar-refractivity contribution is 0.570. The van der Waals surface area contributed by atoms with Gasteiger partial charge in [-0.1, -0.05) is 54.1 Å². The van der Waals surface area contributed by atoms with Crippen LogP contribution in [-0.2, 0) is 10.0 Å². The summed E-state index contributed by atoms with van der Waals surface area (Å²) in [6.45, 7) is 1.84. The first-order chi connectivity index (χ1) is 10.5. The van der Waals surface area contributed by atoms with Gasteiger partial charge in [-0.05, 0) is 35.4 Å². The molecule has 0 aliphatic carbocycles. The summed E-state index contributed by atoms with van der Waals surface area (Å²) in [5.41, 5.74) is 0.948. The molecule has 3 rings (SSSR count). The highest BCUT2D eigenvalue weighted by Gasteiger charge is 2.21. The number of nitrogens with one attached hydrogen (secondary N) is 1. The second-order valence-electron chi connectivity index (χ2n) is 4.97. The van der Waals surface area contributed by atoms with Gasteiger partial charge in [0.15, 0.2) is 0 Å². The number of sulfonamides is 1. The molecule has 1 aromatic heterocycles. The molecule has 0 fully saturated rings. The Labute approximate surface area is 138 Å². The highest BCUT2D eigenvalue weighted by atomic mass is 35.5. The topological polar surface area (TPSA) is 46.2 Å². The maximum atomic E-state index is 12.4. The van der Waals surface area contributed by atoms with Crippen molar-refractivity contribution >= 4 is 43.7 Å². The Hall–Kier alpha value is -1.40. The van der Waals surface area contributed by atoms with E-state index in [0.29, 0.717) is 4.34 Å². The third kappa shape index (κ3) is 3.03. The van der Waals surface area contributed by atoms with Gasteiger partial charge in [-0.3, -0.25) is 0 Å².